The van der Waals surface area contributed by atoms with Crippen molar-refractivity contribution in [3.8, 4) is 0 Å². The maximum atomic E-state index is 12.8. The molecular weight excluding hydrogens is 430 g/mol. The van der Waals surface area contributed by atoms with Gasteiger partial charge in [0.25, 0.3) is 0 Å². The molecule has 2 aromatic carbocycles. The lowest BCUT2D eigenvalue weighted by Crippen LogP contribution is -2.55. The molecular formula is C28H33NO5. The molecule has 1 saturated heterocycles. The number of piperidine rings is 1. The topological polar surface area (TPSA) is 76.1 Å². The highest BCUT2D eigenvalue weighted by atomic mass is 16.6. The molecule has 1 amide bonds. The fourth-order valence-electron chi connectivity index (χ4n) is 4.93. The van der Waals surface area contributed by atoms with E-state index in [4.69, 9.17) is 9.47 Å². The number of benzene rings is 2. The smallest absolute Gasteiger partial charge is 0.410 e. The monoisotopic (exact) mass is 463 g/mol. The number of carbonyl (C=O) groups excluding carboxylic acids is 1. The summed E-state index contributed by atoms with van der Waals surface area (Å²) in [4.78, 5) is 26.9. The van der Waals surface area contributed by atoms with E-state index in [0.717, 1.165) is 16.3 Å². The van der Waals surface area contributed by atoms with Crippen LogP contribution < -0.4 is 0 Å². The molecule has 1 fully saturated rings. The lowest BCUT2D eigenvalue weighted by atomic mass is 9.66. The first-order valence-corrected chi connectivity index (χ1v) is 11.8. The summed E-state index contributed by atoms with van der Waals surface area (Å²) in [7, 11) is 0. The first-order chi connectivity index (χ1) is 16.2. The number of carbonyl (C=O) groups is 2. The predicted molar refractivity (Wildman–Crippen MR) is 131 cm³/mol. The van der Waals surface area contributed by atoms with Crippen molar-refractivity contribution in [1.29, 1.82) is 0 Å². The zero-order chi connectivity index (χ0) is 24.3. The molecule has 1 aliphatic heterocycles. The molecule has 0 bridgehead atoms. The number of nitrogens with zero attached hydrogens (tertiary/aromatic N) is 1. The Kier molecular flexibility index (Phi) is 6.80. The van der Waals surface area contributed by atoms with E-state index in [0.29, 0.717) is 32.5 Å². The molecule has 2 aliphatic rings. The minimum atomic E-state index is -1.05. The van der Waals surface area contributed by atoms with E-state index < -0.39 is 29.2 Å². The van der Waals surface area contributed by atoms with E-state index in [1.807, 2.05) is 51.1 Å². The maximum absolute atomic E-state index is 12.8. The molecule has 3 atom stereocenters. The van der Waals surface area contributed by atoms with Crippen molar-refractivity contribution in [2.75, 3.05) is 13.1 Å². The molecule has 1 heterocycles. The van der Waals surface area contributed by atoms with E-state index in [2.05, 4.69) is 24.3 Å². The molecule has 1 aliphatic carbocycles. The normalized spacial score (nSPS) is 24.9. The van der Waals surface area contributed by atoms with Gasteiger partial charge in [-0.25, -0.2) is 4.79 Å². The van der Waals surface area contributed by atoms with Crippen LogP contribution in [0.5, 0.6) is 0 Å². The lowest BCUT2D eigenvalue weighted by Gasteiger charge is -2.45. The summed E-state index contributed by atoms with van der Waals surface area (Å²) in [6.07, 6.45) is 7.45. The summed E-state index contributed by atoms with van der Waals surface area (Å²) in [6.45, 7) is 6.57. The molecule has 6 heteroatoms. The fourth-order valence-corrected chi connectivity index (χ4v) is 4.93. The predicted octanol–water partition coefficient (Wildman–Crippen LogP) is 5.57. The molecule has 0 aromatic heterocycles. The van der Waals surface area contributed by atoms with E-state index in [9.17, 15) is 14.7 Å². The highest BCUT2D eigenvalue weighted by molar-refractivity contribution is 5.83. The minimum absolute atomic E-state index is 0.273. The zero-order valence-corrected chi connectivity index (χ0v) is 20.1. The van der Waals surface area contributed by atoms with Gasteiger partial charge in [0.2, 0.25) is 0 Å². The molecule has 180 valence electrons. The van der Waals surface area contributed by atoms with Gasteiger partial charge in [-0.2, -0.15) is 0 Å². The highest BCUT2D eigenvalue weighted by Crippen LogP contribution is 2.43. The number of carboxylic acids is 1. The molecule has 3 unspecified atom stereocenters. The fraction of sp³-hybridized carbons (Fsp3) is 0.429. The Morgan fingerprint density at radius 3 is 2.56 bits per heavy atom. The number of hydrogen-bond donors (Lipinski definition) is 1. The number of ether oxygens (including phenoxy) is 2. The molecule has 2 aromatic rings. The Labute approximate surface area is 200 Å². The van der Waals surface area contributed by atoms with E-state index in [1.165, 1.54) is 0 Å². The number of fused-ring (bicyclic) bond motifs is 1. The highest BCUT2D eigenvalue weighted by Gasteiger charge is 2.50. The Balaban J connectivity index is 1.57. The summed E-state index contributed by atoms with van der Waals surface area (Å²) in [6, 6.07) is 14.3. The summed E-state index contributed by atoms with van der Waals surface area (Å²) in [5.41, 5.74) is -0.646. The van der Waals surface area contributed by atoms with Crippen LogP contribution in [0.3, 0.4) is 0 Å². The molecule has 0 spiro atoms. The van der Waals surface area contributed by atoms with Gasteiger partial charge in [-0.15, -0.1) is 0 Å². The van der Waals surface area contributed by atoms with Crippen molar-refractivity contribution < 1.29 is 24.2 Å². The van der Waals surface area contributed by atoms with Gasteiger partial charge in [0.05, 0.1) is 24.7 Å². The van der Waals surface area contributed by atoms with Gasteiger partial charge in [0, 0.05) is 12.5 Å². The van der Waals surface area contributed by atoms with Gasteiger partial charge < -0.3 is 19.5 Å². The van der Waals surface area contributed by atoms with Gasteiger partial charge in [0.1, 0.15) is 5.60 Å². The van der Waals surface area contributed by atoms with Crippen LogP contribution in [-0.4, -0.2) is 46.9 Å². The number of allylic oxidation sites excluding steroid dienone is 3. The maximum Gasteiger partial charge on any atom is 0.410 e. The Morgan fingerprint density at radius 1 is 1.12 bits per heavy atom. The number of likely N-dealkylation sites (tertiary alicyclic amines) is 1. The van der Waals surface area contributed by atoms with Gasteiger partial charge >= 0.3 is 12.1 Å². The Morgan fingerprint density at radius 2 is 1.88 bits per heavy atom. The van der Waals surface area contributed by atoms with Crippen LogP contribution in [-0.2, 0) is 20.9 Å². The minimum Gasteiger partial charge on any atom is -0.481 e. The number of aliphatic carboxylic acids is 1. The Hall–Kier alpha value is -3.12. The molecule has 4 rings (SSSR count). The number of hydrogen-bond acceptors (Lipinski definition) is 4. The van der Waals surface area contributed by atoms with Crippen LogP contribution >= 0.6 is 0 Å². The van der Waals surface area contributed by atoms with Crippen LogP contribution in [0, 0.1) is 11.3 Å². The van der Waals surface area contributed by atoms with Crippen molar-refractivity contribution in [1.82, 2.24) is 4.90 Å². The average molecular weight is 464 g/mol. The summed E-state index contributed by atoms with van der Waals surface area (Å²) >= 11 is 0. The van der Waals surface area contributed by atoms with Gasteiger partial charge in [-0.3, -0.25) is 4.79 Å². The van der Waals surface area contributed by atoms with Crippen LogP contribution in [0.15, 0.2) is 66.8 Å². The van der Waals surface area contributed by atoms with Gasteiger partial charge in [0.15, 0.2) is 0 Å². The molecule has 6 nitrogen and oxygen atoms in total. The molecule has 1 N–H and O–H groups in total. The van der Waals surface area contributed by atoms with Crippen LogP contribution in [0.25, 0.3) is 10.8 Å². The number of rotatable bonds is 5. The van der Waals surface area contributed by atoms with Gasteiger partial charge in [-0.05, 0) is 56.0 Å². The third-order valence-electron chi connectivity index (χ3n) is 6.65. The number of carboxylic acid groups (broad SMARTS) is 1. The SMILES string of the molecule is CC(C)(C)OC(=O)N1CCC(C2(C(=O)O)C=CC=CC2)C(OCc2ccc3ccccc3c2)C1. The van der Waals surface area contributed by atoms with Crippen molar-refractivity contribution >= 4 is 22.8 Å². The Bertz CT molecular complexity index is 1120. The third kappa shape index (κ3) is 5.17. The molecule has 0 saturated carbocycles. The van der Waals surface area contributed by atoms with Crippen molar-refractivity contribution in [3.63, 3.8) is 0 Å². The first kappa shape index (κ1) is 24.0. The lowest BCUT2D eigenvalue weighted by molar-refractivity contribution is -0.156. The molecule has 34 heavy (non-hydrogen) atoms. The van der Waals surface area contributed by atoms with Crippen molar-refractivity contribution in [2.24, 2.45) is 11.3 Å². The summed E-state index contributed by atoms with van der Waals surface area (Å²) < 4.78 is 12.0. The molecule has 0 radical (unpaired) electrons. The van der Waals surface area contributed by atoms with E-state index in [1.54, 1.807) is 17.1 Å². The largest absolute Gasteiger partial charge is 0.481 e. The second-order valence-electron chi connectivity index (χ2n) is 10.2. The van der Waals surface area contributed by atoms with Crippen LogP contribution in [0.2, 0.25) is 0 Å². The standard InChI is InChI=1S/C28H33NO5/c1-27(2,3)34-26(32)29-16-13-23(28(25(30)31)14-7-4-8-15-28)24(18-29)33-19-20-11-12-21-9-5-6-10-22(21)17-20/h4-12,14,17,23-24H,13,15-16,18-19H2,1-3H3,(H,30,31). The second-order valence-corrected chi connectivity index (χ2v) is 10.2. The number of amides is 1. The van der Waals surface area contributed by atoms with E-state index >= 15 is 0 Å². The first-order valence-electron chi connectivity index (χ1n) is 11.8. The zero-order valence-electron chi connectivity index (χ0n) is 20.1. The third-order valence-corrected chi connectivity index (χ3v) is 6.65. The summed E-state index contributed by atoms with van der Waals surface area (Å²) in [5.74, 6) is -1.13. The van der Waals surface area contributed by atoms with Crippen LogP contribution in [0.1, 0.15) is 39.2 Å². The average Bonchev–Trinajstić information content (AvgIpc) is 2.81. The van der Waals surface area contributed by atoms with E-state index in [-0.39, 0.29) is 5.92 Å². The second kappa shape index (κ2) is 9.63. The van der Waals surface area contributed by atoms with Gasteiger partial charge in [-0.1, -0.05) is 60.7 Å². The van der Waals surface area contributed by atoms with Crippen molar-refractivity contribution in [2.45, 2.75) is 51.9 Å². The summed E-state index contributed by atoms with van der Waals surface area (Å²) in [5, 5.41) is 12.5. The van der Waals surface area contributed by atoms with Crippen molar-refractivity contribution in [3.05, 3.63) is 72.3 Å². The quantitative estimate of drug-likeness (QED) is 0.627. The van der Waals surface area contributed by atoms with Crippen LogP contribution in [0.4, 0.5) is 4.79 Å².